The monoisotopic (exact) mass is 254 g/mol. The number of carbonyl (C=O) groups is 1. The van der Waals surface area contributed by atoms with Gasteiger partial charge >= 0.3 is 5.97 Å². The molecule has 0 radical (unpaired) electrons. The zero-order valence-corrected chi connectivity index (χ0v) is 11.6. The average molecular weight is 254 g/mol. The van der Waals surface area contributed by atoms with Crippen LogP contribution in [-0.4, -0.2) is 48.2 Å². The SMILES string of the molecule is CNC1(C(=O)O)CCC(N(C)CC2CCCC2)C1. The Kier molecular flexibility index (Phi) is 4.28. The summed E-state index contributed by atoms with van der Waals surface area (Å²) in [6.07, 6.45) is 7.94. The first-order chi connectivity index (χ1) is 8.57. The fourth-order valence-electron chi connectivity index (χ4n) is 3.67. The van der Waals surface area contributed by atoms with E-state index in [4.69, 9.17) is 0 Å². The zero-order chi connectivity index (χ0) is 13.2. The molecule has 2 saturated carbocycles. The van der Waals surface area contributed by atoms with E-state index in [0.29, 0.717) is 6.04 Å². The van der Waals surface area contributed by atoms with E-state index in [9.17, 15) is 9.90 Å². The molecule has 0 aromatic carbocycles. The van der Waals surface area contributed by atoms with Crippen LogP contribution in [0.25, 0.3) is 0 Å². The molecule has 18 heavy (non-hydrogen) atoms. The minimum atomic E-state index is -0.693. The van der Waals surface area contributed by atoms with E-state index in [1.807, 2.05) is 0 Å². The lowest BCUT2D eigenvalue weighted by molar-refractivity contribution is -0.144. The van der Waals surface area contributed by atoms with E-state index in [2.05, 4.69) is 17.3 Å². The summed E-state index contributed by atoms with van der Waals surface area (Å²) < 4.78 is 0. The van der Waals surface area contributed by atoms with Crippen molar-refractivity contribution >= 4 is 5.97 Å². The number of nitrogens with zero attached hydrogens (tertiary/aromatic N) is 1. The topological polar surface area (TPSA) is 52.6 Å². The van der Waals surface area contributed by atoms with Crippen molar-refractivity contribution in [1.82, 2.24) is 10.2 Å². The van der Waals surface area contributed by atoms with E-state index in [1.54, 1.807) is 7.05 Å². The molecule has 0 spiro atoms. The predicted molar refractivity (Wildman–Crippen MR) is 71.7 cm³/mol. The minimum Gasteiger partial charge on any atom is -0.480 e. The molecule has 0 aromatic rings. The van der Waals surface area contributed by atoms with Crippen molar-refractivity contribution in [2.45, 2.75) is 56.5 Å². The van der Waals surface area contributed by atoms with Crippen LogP contribution in [0.5, 0.6) is 0 Å². The van der Waals surface area contributed by atoms with E-state index in [1.165, 1.54) is 25.7 Å². The summed E-state index contributed by atoms with van der Waals surface area (Å²) in [6.45, 7) is 1.14. The number of carboxylic acid groups (broad SMARTS) is 1. The molecule has 0 aliphatic heterocycles. The summed E-state index contributed by atoms with van der Waals surface area (Å²) in [4.78, 5) is 13.8. The molecule has 0 aromatic heterocycles. The highest BCUT2D eigenvalue weighted by molar-refractivity contribution is 5.79. The Morgan fingerprint density at radius 2 is 2.06 bits per heavy atom. The van der Waals surface area contributed by atoms with Crippen LogP contribution in [0.2, 0.25) is 0 Å². The van der Waals surface area contributed by atoms with Gasteiger partial charge in [0.2, 0.25) is 0 Å². The van der Waals surface area contributed by atoms with Crippen molar-refractivity contribution in [2.24, 2.45) is 5.92 Å². The molecule has 2 aliphatic carbocycles. The van der Waals surface area contributed by atoms with Crippen LogP contribution in [0, 0.1) is 5.92 Å². The highest BCUT2D eigenvalue weighted by atomic mass is 16.4. The van der Waals surface area contributed by atoms with Gasteiger partial charge in [0.1, 0.15) is 5.54 Å². The summed E-state index contributed by atoms with van der Waals surface area (Å²) in [5, 5.41) is 12.4. The normalized spacial score (nSPS) is 33.4. The summed E-state index contributed by atoms with van der Waals surface area (Å²) in [7, 11) is 3.93. The largest absolute Gasteiger partial charge is 0.480 e. The maximum Gasteiger partial charge on any atom is 0.323 e. The molecule has 4 nitrogen and oxygen atoms in total. The smallest absolute Gasteiger partial charge is 0.323 e. The first kappa shape index (κ1) is 13.8. The molecule has 2 fully saturated rings. The van der Waals surface area contributed by atoms with Crippen LogP contribution in [0.3, 0.4) is 0 Å². The molecule has 2 N–H and O–H groups in total. The van der Waals surface area contributed by atoms with Crippen LogP contribution in [0.1, 0.15) is 44.9 Å². The molecule has 2 unspecified atom stereocenters. The molecule has 0 heterocycles. The Labute approximate surface area is 110 Å². The second-order valence-corrected chi connectivity index (χ2v) is 6.12. The highest BCUT2D eigenvalue weighted by Crippen LogP contribution is 2.34. The third-order valence-corrected chi connectivity index (χ3v) is 5.02. The van der Waals surface area contributed by atoms with Gasteiger partial charge in [0.15, 0.2) is 0 Å². The van der Waals surface area contributed by atoms with Crippen molar-refractivity contribution < 1.29 is 9.90 Å². The number of aliphatic carboxylic acids is 1. The average Bonchev–Trinajstić information content (AvgIpc) is 2.97. The molecule has 2 rings (SSSR count). The van der Waals surface area contributed by atoms with Gasteiger partial charge in [-0.1, -0.05) is 12.8 Å². The van der Waals surface area contributed by atoms with Gasteiger partial charge in [-0.2, -0.15) is 0 Å². The van der Waals surface area contributed by atoms with Crippen molar-refractivity contribution in [2.75, 3.05) is 20.6 Å². The van der Waals surface area contributed by atoms with Crippen LogP contribution >= 0.6 is 0 Å². The molecule has 0 amide bonds. The summed E-state index contributed by atoms with van der Waals surface area (Å²) in [5.41, 5.74) is -0.686. The number of carboxylic acids is 1. The van der Waals surface area contributed by atoms with Gasteiger partial charge in [-0.3, -0.25) is 4.79 Å². The second-order valence-electron chi connectivity index (χ2n) is 6.12. The van der Waals surface area contributed by atoms with Crippen molar-refractivity contribution in [1.29, 1.82) is 0 Å². The maximum atomic E-state index is 11.4. The fraction of sp³-hybridized carbons (Fsp3) is 0.929. The first-order valence-corrected chi connectivity index (χ1v) is 7.20. The zero-order valence-electron chi connectivity index (χ0n) is 11.6. The molecule has 2 aliphatic rings. The molecule has 2 atom stereocenters. The van der Waals surface area contributed by atoms with Gasteiger partial charge in [0.05, 0.1) is 0 Å². The van der Waals surface area contributed by atoms with Gasteiger partial charge in [0.25, 0.3) is 0 Å². The first-order valence-electron chi connectivity index (χ1n) is 7.20. The van der Waals surface area contributed by atoms with E-state index in [0.717, 1.165) is 31.7 Å². The van der Waals surface area contributed by atoms with Gasteiger partial charge in [-0.25, -0.2) is 0 Å². The summed E-state index contributed by atoms with van der Waals surface area (Å²) in [5.74, 6) is 0.145. The van der Waals surface area contributed by atoms with Gasteiger partial charge in [0, 0.05) is 12.6 Å². The van der Waals surface area contributed by atoms with E-state index in [-0.39, 0.29) is 0 Å². The maximum absolute atomic E-state index is 11.4. The van der Waals surface area contributed by atoms with Crippen LogP contribution in [0.15, 0.2) is 0 Å². The van der Waals surface area contributed by atoms with Gasteiger partial charge in [-0.05, 0) is 52.1 Å². The lowest BCUT2D eigenvalue weighted by Crippen LogP contribution is -2.49. The van der Waals surface area contributed by atoms with Crippen LogP contribution < -0.4 is 5.32 Å². The Bertz CT molecular complexity index is 302. The second kappa shape index (κ2) is 5.57. The molecule has 0 bridgehead atoms. The Balaban J connectivity index is 1.89. The number of rotatable bonds is 5. The quantitative estimate of drug-likeness (QED) is 0.784. The number of hydrogen-bond acceptors (Lipinski definition) is 3. The third-order valence-electron chi connectivity index (χ3n) is 5.02. The third kappa shape index (κ3) is 2.69. The van der Waals surface area contributed by atoms with Gasteiger partial charge < -0.3 is 15.3 Å². The Morgan fingerprint density at radius 1 is 1.39 bits per heavy atom. The van der Waals surface area contributed by atoms with Crippen LogP contribution in [0.4, 0.5) is 0 Å². The van der Waals surface area contributed by atoms with Crippen LogP contribution in [-0.2, 0) is 4.79 Å². The lowest BCUT2D eigenvalue weighted by atomic mass is 9.97. The molecule has 0 saturated heterocycles. The molecule has 4 heteroatoms. The number of likely N-dealkylation sites (N-methyl/N-ethyl adjacent to an activating group) is 1. The van der Waals surface area contributed by atoms with E-state index >= 15 is 0 Å². The number of hydrogen-bond donors (Lipinski definition) is 2. The van der Waals surface area contributed by atoms with E-state index < -0.39 is 11.5 Å². The highest BCUT2D eigenvalue weighted by Gasteiger charge is 2.45. The van der Waals surface area contributed by atoms with Crippen molar-refractivity contribution in [3.63, 3.8) is 0 Å². The van der Waals surface area contributed by atoms with Crippen molar-refractivity contribution in [3.8, 4) is 0 Å². The molecular weight excluding hydrogens is 228 g/mol. The molecule has 104 valence electrons. The number of nitrogens with one attached hydrogen (secondary N) is 1. The minimum absolute atomic E-state index is 0.425. The summed E-state index contributed by atoms with van der Waals surface area (Å²) >= 11 is 0. The Morgan fingerprint density at radius 3 is 2.56 bits per heavy atom. The standard InChI is InChI=1S/C14H26N2O2/c1-15-14(13(17)18)8-7-12(9-14)16(2)10-11-5-3-4-6-11/h11-12,15H,3-10H2,1-2H3,(H,17,18). The summed E-state index contributed by atoms with van der Waals surface area (Å²) in [6, 6.07) is 0.425. The molecular formula is C14H26N2O2. The fourth-order valence-corrected chi connectivity index (χ4v) is 3.67. The van der Waals surface area contributed by atoms with Crippen molar-refractivity contribution in [3.05, 3.63) is 0 Å². The Hall–Kier alpha value is -0.610. The van der Waals surface area contributed by atoms with Gasteiger partial charge in [-0.15, -0.1) is 0 Å². The predicted octanol–water partition coefficient (Wildman–Crippen LogP) is 1.70. The lowest BCUT2D eigenvalue weighted by Gasteiger charge is -2.29.